The molecule has 0 aliphatic rings. The average molecular weight is 309 g/mol. The van der Waals surface area contributed by atoms with E-state index in [0.717, 1.165) is 27.6 Å². The summed E-state index contributed by atoms with van der Waals surface area (Å²) >= 11 is 3.43. The number of rotatable bonds is 5. The predicted molar refractivity (Wildman–Crippen MR) is 79.0 cm³/mol. The van der Waals surface area contributed by atoms with Crippen molar-refractivity contribution in [1.29, 1.82) is 0 Å². The number of para-hydroxylation sites is 1. The Labute approximate surface area is 116 Å². The van der Waals surface area contributed by atoms with Crippen molar-refractivity contribution < 1.29 is 4.74 Å². The van der Waals surface area contributed by atoms with Crippen LogP contribution < -0.4 is 5.32 Å². The third-order valence-electron chi connectivity index (χ3n) is 2.55. The highest BCUT2D eigenvalue weighted by Gasteiger charge is 2.02. The van der Waals surface area contributed by atoms with Gasteiger partial charge >= 0.3 is 0 Å². The van der Waals surface area contributed by atoms with Crippen LogP contribution in [-0.4, -0.2) is 24.2 Å². The number of hydrogen-bond acceptors (Lipinski definition) is 3. The van der Waals surface area contributed by atoms with E-state index in [9.17, 15) is 0 Å². The van der Waals surface area contributed by atoms with Crippen molar-refractivity contribution in [3.8, 4) is 0 Å². The smallest absolute Gasteiger partial charge is 0.0934 e. The standard InChI is InChI=1S/C14H17BrN2O/c1-10(2)18-7-6-16-13-5-3-4-11-8-12(15)9-17-14(11)13/h3-5,8-10,16H,6-7H2,1-2H3. The molecule has 0 fully saturated rings. The van der Waals surface area contributed by atoms with Crippen molar-refractivity contribution in [3.63, 3.8) is 0 Å². The molecule has 0 unspecified atom stereocenters. The number of halogens is 1. The van der Waals surface area contributed by atoms with Crippen LogP contribution in [0.5, 0.6) is 0 Å². The van der Waals surface area contributed by atoms with Gasteiger partial charge in [-0.2, -0.15) is 0 Å². The Hall–Kier alpha value is -1.13. The molecule has 4 heteroatoms. The van der Waals surface area contributed by atoms with Crippen molar-refractivity contribution in [1.82, 2.24) is 4.98 Å². The van der Waals surface area contributed by atoms with Gasteiger partial charge in [0.2, 0.25) is 0 Å². The molecular formula is C14H17BrN2O. The second kappa shape index (κ2) is 6.16. The quantitative estimate of drug-likeness (QED) is 0.852. The average Bonchev–Trinajstić information content (AvgIpc) is 2.34. The first-order valence-corrected chi connectivity index (χ1v) is 6.86. The molecule has 1 N–H and O–H groups in total. The zero-order chi connectivity index (χ0) is 13.0. The van der Waals surface area contributed by atoms with Crippen LogP contribution in [0.1, 0.15) is 13.8 Å². The highest BCUT2D eigenvalue weighted by atomic mass is 79.9. The third kappa shape index (κ3) is 3.43. The van der Waals surface area contributed by atoms with Crippen LogP contribution in [0.3, 0.4) is 0 Å². The maximum absolute atomic E-state index is 5.50. The summed E-state index contributed by atoms with van der Waals surface area (Å²) in [5, 5.41) is 4.48. The normalized spacial score (nSPS) is 11.1. The van der Waals surface area contributed by atoms with Gasteiger partial charge in [0.25, 0.3) is 0 Å². The van der Waals surface area contributed by atoms with Gasteiger partial charge < -0.3 is 10.1 Å². The number of nitrogens with one attached hydrogen (secondary N) is 1. The Balaban J connectivity index is 2.08. The minimum atomic E-state index is 0.272. The lowest BCUT2D eigenvalue weighted by molar-refractivity contribution is 0.0871. The number of pyridine rings is 1. The summed E-state index contributed by atoms with van der Waals surface area (Å²) in [6.45, 7) is 5.56. The van der Waals surface area contributed by atoms with Crippen molar-refractivity contribution >= 4 is 32.5 Å². The molecule has 3 nitrogen and oxygen atoms in total. The van der Waals surface area contributed by atoms with E-state index in [1.54, 1.807) is 0 Å². The molecule has 1 aromatic carbocycles. The van der Waals surface area contributed by atoms with Gasteiger partial charge in [0.05, 0.1) is 23.9 Å². The monoisotopic (exact) mass is 308 g/mol. The molecule has 0 amide bonds. The van der Waals surface area contributed by atoms with E-state index in [0.29, 0.717) is 6.61 Å². The topological polar surface area (TPSA) is 34.1 Å². The minimum absolute atomic E-state index is 0.272. The SMILES string of the molecule is CC(C)OCCNc1cccc2cc(Br)cnc12. The van der Waals surface area contributed by atoms with Gasteiger partial charge in [-0.25, -0.2) is 0 Å². The van der Waals surface area contributed by atoms with E-state index >= 15 is 0 Å². The molecule has 2 rings (SSSR count). The fraction of sp³-hybridized carbons (Fsp3) is 0.357. The molecule has 0 radical (unpaired) electrons. The summed E-state index contributed by atoms with van der Waals surface area (Å²) in [5.41, 5.74) is 2.04. The summed E-state index contributed by atoms with van der Waals surface area (Å²) in [4.78, 5) is 4.44. The van der Waals surface area contributed by atoms with Gasteiger partial charge in [0, 0.05) is 22.6 Å². The second-order valence-electron chi connectivity index (χ2n) is 4.38. The maximum Gasteiger partial charge on any atom is 0.0934 e. The van der Waals surface area contributed by atoms with Crippen molar-refractivity contribution in [2.24, 2.45) is 0 Å². The van der Waals surface area contributed by atoms with Crippen molar-refractivity contribution in [2.75, 3.05) is 18.5 Å². The Morgan fingerprint density at radius 1 is 1.39 bits per heavy atom. The molecular weight excluding hydrogens is 292 g/mol. The van der Waals surface area contributed by atoms with Gasteiger partial charge in [0.1, 0.15) is 0 Å². The van der Waals surface area contributed by atoms with E-state index in [4.69, 9.17) is 4.74 Å². The first-order chi connectivity index (χ1) is 8.66. The molecule has 1 aromatic heterocycles. The number of aromatic nitrogens is 1. The van der Waals surface area contributed by atoms with E-state index in [1.165, 1.54) is 0 Å². The van der Waals surface area contributed by atoms with Gasteiger partial charge in [-0.1, -0.05) is 12.1 Å². The Kier molecular flexibility index (Phi) is 4.55. The van der Waals surface area contributed by atoms with Crippen LogP contribution in [0, 0.1) is 0 Å². The fourth-order valence-corrected chi connectivity index (χ4v) is 2.11. The number of fused-ring (bicyclic) bond motifs is 1. The van der Waals surface area contributed by atoms with Crippen LogP contribution in [0.25, 0.3) is 10.9 Å². The maximum atomic E-state index is 5.50. The van der Waals surface area contributed by atoms with Gasteiger partial charge in [0.15, 0.2) is 0 Å². The van der Waals surface area contributed by atoms with Gasteiger partial charge in [-0.3, -0.25) is 4.98 Å². The molecule has 0 spiro atoms. The Morgan fingerprint density at radius 2 is 2.22 bits per heavy atom. The largest absolute Gasteiger partial charge is 0.381 e. The lowest BCUT2D eigenvalue weighted by Crippen LogP contribution is -2.13. The van der Waals surface area contributed by atoms with Crippen molar-refractivity contribution in [3.05, 3.63) is 34.9 Å². The lowest BCUT2D eigenvalue weighted by Gasteiger charge is -2.11. The first-order valence-electron chi connectivity index (χ1n) is 6.06. The number of ether oxygens (including phenoxy) is 1. The summed E-state index contributed by atoms with van der Waals surface area (Å²) in [6.07, 6.45) is 2.09. The van der Waals surface area contributed by atoms with Crippen LogP contribution in [0.4, 0.5) is 5.69 Å². The zero-order valence-electron chi connectivity index (χ0n) is 10.6. The van der Waals surface area contributed by atoms with E-state index in [2.05, 4.69) is 38.4 Å². The number of nitrogens with zero attached hydrogens (tertiary/aromatic N) is 1. The van der Waals surface area contributed by atoms with Crippen LogP contribution >= 0.6 is 15.9 Å². The molecule has 0 aliphatic carbocycles. The minimum Gasteiger partial charge on any atom is -0.381 e. The molecule has 2 aromatic rings. The molecule has 0 atom stereocenters. The lowest BCUT2D eigenvalue weighted by atomic mass is 10.2. The summed E-state index contributed by atoms with van der Waals surface area (Å²) in [7, 11) is 0. The highest BCUT2D eigenvalue weighted by Crippen LogP contribution is 2.23. The number of benzene rings is 1. The molecule has 0 aliphatic heterocycles. The van der Waals surface area contributed by atoms with E-state index < -0.39 is 0 Å². The third-order valence-corrected chi connectivity index (χ3v) is 2.98. The van der Waals surface area contributed by atoms with Crippen LogP contribution in [0.15, 0.2) is 34.9 Å². The highest BCUT2D eigenvalue weighted by molar-refractivity contribution is 9.10. The number of hydrogen-bond donors (Lipinski definition) is 1. The van der Waals surface area contributed by atoms with Gasteiger partial charge in [-0.05, 0) is 41.9 Å². The molecule has 0 saturated heterocycles. The Bertz CT molecular complexity index is 528. The summed E-state index contributed by atoms with van der Waals surface area (Å²) < 4.78 is 6.50. The molecule has 18 heavy (non-hydrogen) atoms. The van der Waals surface area contributed by atoms with Crippen LogP contribution in [-0.2, 0) is 4.74 Å². The second-order valence-corrected chi connectivity index (χ2v) is 5.29. The predicted octanol–water partition coefficient (Wildman–Crippen LogP) is 3.83. The fourth-order valence-electron chi connectivity index (χ4n) is 1.76. The van der Waals surface area contributed by atoms with Crippen LogP contribution in [0.2, 0.25) is 0 Å². The molecule has 0 bridgehead atoms. The zero-order valence-corrected chi connectivity index (χ0v) is 12.2. The van der Waals surface area contributed by atoms with E-state index in [1.807, 2.05) is 32.2 Å². The van der Waals surface area contributed by atoms with Crippen molar-refractivity contribution in [2.45, 2.75) is 20.0 Å². The Morgan fingerprint density at radius 3 is 3.00 bits per heavy atom. The summed E-state index contributed by atoms with van der Waals surface area (Å²) in [5.74, 6) is 0. The van der Waals surface area contributed by atoms with Gasteiger partial charge in [-0.15, -0.1) is 0 Å². The molecule has 1 heterocycles. The molecule has 0 saturated carbocycles. The van der Waals surface area contributed by atoms with E-state index in [-0.39, 0.29) is 6.10 Å². The number of anilines is 1. The summed E-state index contributed by atoms with van der Waals surface area (Å²) in [6, 6.07) is 8.20. The molecule has 96 valence electrons. The first kappa shape index (κ1) is 13.3.